The summed E-state index contributed by atoms with van der Waals surface area (Å²) in [5.74, 6) is 0.232. The first kappa shape index (κ1) is 31.2. The number of carbonyl (C=O) groups excluding carboxylic acids is 1. The Morgan fingerprint density at radius 3 is 1.59 bits per heavy atom. The maximum atomic E-state index is 12.1. The third-order valence-corrected chi connectivity index (χ3v) is 6.32. The maximum Gasteiger partial charge on any atom is 0.221 e. The predicted molar refractivity (Wildman–Crippen MR) is 143 cm³/mol. The quantitative estimate of drug-likeness (QED) is 0.112. The number of amides is 1. The number of unbranched alkanes of at least 4 members (excludes halogenated alkanes) is 14. The highest BCUT2D eigenvalue weighted by molar-refractivity contribution is 5.75. The first-order chi connectivity index (χ1) is 15.7. The van der Waals surface area contributed by atoms with Crippen LogP contribution in [0.5, 0.6) is 0 Å². The molecule has 32 heavy (non-hydrogen) atoms. The van der Waals surface area contributed by atoms with E-state index in [-0.39, 0.29) is 5.91 Å². The number of allylic oxidation sites excluding steroid dienone is 2. The highest BCUT2D eigenvalue weighted by atomic mass is 16.1. The van der Waals surface area contributed by atoms with Gasteiger partial charge in [0.1, 0.15) is 0 Å². The lowest BCUT2D eigenvalue weighted by atomic mass is 10.1. The maximum absolute atomic E-state index is 12.1. The first-order valence-corrected chi connectivity index (χ1v) is 14.4. The Hall–Kier alpha value is -0.830. The van der Waals surface area contributed by atoms with Crippen molar-refractivity contribution in [3.63, 3.8) is 0 Å². The highest BCUT2D eigenvalue weighted by Crippen LogP contribution is 2.10. The van der Waals surface area contributed by atoms with Crippen molar-refractivity contribution in [3.05, 3.63) is 12.2 Å². The van der Waals surface area contributed by atoms with Gasteiger partial charge in [0.15, 0.2) is 0 Å². The van der Waals surface area contributed by atoms with Gasteiger partial charge < -0.3 is 10.2 Å². The van der Waals surface area contributed by atoms with E-state index in [1.54, 1.807) is 0 Å². The number of nitrogens with one attached hydrogen (secondary N) is 1. The normalized spacial score (nSPS) is 11.6. The van der Waals surface area contributed by atoms with E-state index >= 15 is 0 Å². The van der Waals surface area contributed by atoms with Crippen molar-refractivity contribution in [2.75, 3.05) is 26.2 Å². The summed E-state index contributed by atoms with van der Waals surface area (Å²) in [5.41, 5.74) is 0. The van der Waals surface area contributed by atoms with Crippen LogP contribution in [0.25, 0.3) is 0 Å². The van der Waals surface area contributed by atoms with Gasteiger partial charge in [-0.25, -0.2) is 0 Å². The van der Waals surface area contributed by atoms with Gasteiger partial charge in [0.25, 0.3) is 0 Å². The van der Waals surface area contributed by atoms with E-state index in [0.717, 1.165) is 32.6 Å². The summed E-state index contributed by atoms with van der Waals surface area (Å²) in [5, 5.41) is 3.13. The lowest BCUT2D eigenvalue weighted by molar-refractivity contribution is -0.121. The topological polar surface area (TPSA) is 32.3 Å². The smallest absolute Gasteiger partial charge is 0.221 e. The molecular formula is C29H58N2O. The van der Waals surface area contributed by atoms with Crippen LogP contribution in [0, 0.1) is 0 Å². The highest BCUT2D eigenvalue weighted by Gasteiger charge is 2.07. The summed E-state index contributed by atoms with van der Waals surface area (Å²) in [6, 6.07) is 0. The molecule has 0 saturated carbocycles. The summed E-state index contributed by atoms with van der Waals surface area (Å²) in [7, 11) is 0. The van der Waals surface area contributed by atoms with Crippen LogP contribution in [0.2, 0.25) is 0 Å². The van der Waals surface area contributed by atoms with Crippen LogP contribution in [0.3, 0.4) is 0 Å². The van der Waals surface area contributed by atoms with Crippen LogP contribution in [-0.4, -0.2) is 37.0 Å². The number of hydrogen-bond acceptors (Lipinski definition) is 2. The SMILES string of the molecule is CCCCCCCC/C=C\CCCCCCCCNC(=O)CCN(CCCC)CCCC. The molecule has 0 aromatic rings. The van der Waals surface area contributed by atoms with Gasteiger partial charge in [0.2, 0.25) is 5.91 Å². The predicted octanol–water partition coefficient (Wildman–Crippen LogP) is 8.43. The van der Waals surface area contributed by atoms with E-state index in [2.05, 4.69) is 43.1 Å². The van der Waals surface area contributed by atoms with Gasteiger partial charge in [-0.3, -0.25) is 4.79 Å². The molecule has 0 aromatic carbocycles. The summed E-state index contributed by atoms with van der Waals surface area (Å²) in [6.45, 7) is 10.8. The second-order valence-corrected chi connectivity index (χ2v) is 9.59. The Morgan fingerprint density at radius 2 is 1.06 bits per heavy atom. The molecule has 190 valence electrons. The summed E-state index contributed by atoms with van der Waals surface area (Å²) in [6.07, 6.45) is 28.9. The fourth-order valence-electron chi connectivity index (χ4n) is 4.05. The zero-order valence-corrected chi connectivity index (χ0v) is 22.3. The minimum absolute atomic E-state index is 0.232. The van der Waals surface area contributed by atoms with Crippen molar-refractivity contribution in [2.24, 2.45) is 0 Å². The lowest BCUT2D eigenvalue weighted by Crippen LogP contribution is -2.32. The monoisotopic (exact) mass is 450 g/mol. The van der Waals surface area contributed by atoms with Gasteiger partial charge >= 0.3 is 0 Å². The fraction of sp³-hybridized carbons (Fsp3) is 0.897. The van der Waals surface area contributed by atoms with Crippen molar-refractivity contribution >= 4 is 5.91 Å². The van der Waals surface area contributed by atoms with Crippen molar-refractivity contribution in [1.82, 2.24) is 10.2 Å². The molecule has 1 N–H and O–H groups in total. The standard InChI is InChI=1S/C29H58N2O/c1-4-7-10-11-12-13-14-15-16-17-18-19-20-21-22-23-25-30-29(32)24-28-31(26-8-5-2)27-9-6-3/h15-16H,4-14,17-28H2,1-3H3,(H,30,32)/b16-15-. The van der Waals surface area contributed by atoms with Gasteiger partial charge in [0, 0.05) is 19.5 Å². The van der Waals surface area contributed by atoms with E-state index < -0.39 is 0 Å². The first-order valence-electron chi connectivity index (χ1n) is 14.4. The van der Waals surface area contributed by atoms with Crippen LogP contribution >= 0.6 is 0 Å². The summed E-state index contributed by atoms with van der Waals surface area (Å²) < 4.78 is 0. The Labute approximate surface area is 202 Å². The molecule has 0 rings (SSSR count). The molecule has 0 spiro atoms. The van der Waals surface area contributed by atoms with Crippen LogP contribution in [0.15, 0.2) is 12.2 Å². The van der Waals surface area contributed by atoms with Crippen LogP contribution in [0.1, 0.15) is 143 Å². The molecular weight excluding hydrogens is 392 g/mol. The molecule has 3 heteroatoms. The molecule has 0 aliphatic heterocycles. The zero-order valence-electron chi connectivity index (χ0n) is 22.3. The van der Waals surface area contributed by atoms with Gasteiger partial charge in [-0.15, -0.1) is 0 Å². The van der Waals surface area contributed by atoms with E-state index in [1.165, 1.54) is 109 Å². The minimum Gasteiger partial charge on any atom is -0.356 e. The molecule has 0 aromatic heterocycles. The molecule has 1 amide bonds. The van der Waals surface area contributed by atoms with Crippen LogP contribution in [-0.2, 0) is 4.79 Å². The third-order valence-electron chi connectivity index (χ3n) is 6.32. The largest absolute Gasteiger partial charge is 0.356 e. The third kappa shape index (κ3) is 23.8. The molecule has 0 heterocycles. The second kappa shape index (κ2) is 26.4. The lowest BCUT2D eigenvalue weighted by Gasteiger charge is -2.21. The van der Waals surface area contributed by atoms with E-state index in [4.69, 9.17) is 0 Å². The average molecular weight is 451 g/mol. The van der Waals surface area contributed by atoms with Gasteiger partial charge in [-0.05, 0) is 58.0 Å². The Bertz CT molecular complexity index is 400. The van der Waals surface area contributed by atoms with E-state index in [1.807, 2.05) is 0 Å². The molecule has 0 aliphatic carbocycles. The minimum atomic E-state index is 0.232. The Morgan fingerprint density at radius 1 is 0.594 bits per heavy atom. The van der Waals surface area contributed by atoms with Crippen molar-refractivity contribution in [1.29, 1.82) is 0 Å². The number of hydrogen-bond donors (Lipinski definition) is 1. The van der Waals surface area contributed by atoms with Crippen LogP contribution in [0.4, 0.5) is 0 Å². The molecule has 3 nitrogen and oxygen atoms in total. The van der Waals surface area contributed by atoms with Gasteiger partial charge in [-0.1, -0.05) is 104 Å². The second-order valence-electron chi connectivity index (χ2n) is 9.59. The average Bonchev–Trinajstić information content (AvgIpc) is 2.80. The van der Waals surface area contributed by atoms with Gasteiger partial charge in [0.05, 0.1) is 0 Å². The van der Waals surface area contributed by atoms with E-state index in [0.29, 0.717) is 6.42 Å². The number of nitrogens with zero attached hydrogens (tertiary/aromatic N) is 1. The van der Waals surface area contributed by atoms with Crippen LogP contribution < -0.4 is 5.32 Å². The Kier molecular flexibility index (Phi) is 25.7. The van der Waals surface area contributed by atoms with Gasteiger partial charge in [-0.2, -0.15) is 0 Å². The van der Waals surface area contributed by atoms with E-state index in [9.17, 15) is 4.79 Å². The summed E-state index contributed by atoms with van der Waals surface area (Å²) in [4.78, 5) is 14.6. The zero-order chi connectivity index (χ0) is 23.5. The molecule has 0 unspecified atom stereocenters. The number of carbonyl (C=O) groups is 1. The summed E-state index contributed by atoms with van der Waals surface area (Å²) >= 11 is 0. The molecule has 0 radical (unpaired) electrons. The molecule has 0 bridgehead atoms. The molecule has 0 saturated heterocycles. The molecule has 0 aliphatic rings. The Balaban J connectivity index is 3.43. The van der Waals surface area contributed by atoms with Crippen molar-refractivity contribution < 1.29 is 4.79 Å². The number of rotatable bonds is 25. The molecule has 0 fully saturated rings. The molecule has 0 atom stereocenters. The van der Waals surface area contributed by atoms with Crippen molar-refractivity contribution in [2.45, 2.75) is 143 Å². The fourth-order valence-corrected chi connectivity index (χ4v) is 4.05. The van der Waals surface area contributed by atoms with Crippen molar-refractivity contribution in [3.8, 4) is 0 Å².